The van der Waals surface area contributed by atoms with Crippen LogP contribution < -0.4 is 0 Å². The van der Waals surface area contributed by atoms with Crippen LogP contribution in [0.2, 0.25) is 0 Å². The van der Waals surface area contributed by atoms with Crippen molar-refractivity contribution in [3.63, 3.8) is 0 Å². The van der Waals surface area contributed by atoms with Crippen LogP contribution >= 0.6 is 0 Å². The van der Waals surface area contributed by atoms with Crippen molar-refractivity contribution in [3.05, 3.63) is 0 Å². The molecule has 3 saturated carbocycles. The largest absolute Gasteiger partial charge is 0.0648 e. The smallest absolute Gasteiger partial charge is 0.0248 e. The molecule has 12 heavy (non-hydrogen) atoms. The standard InChI is InChI=1S/C12H22/c1-4-12(9(2)3)6-5-10-7-11(12)8-10/h9-11H,4-8H2,1-3H3. The zero-order valence-electron chi connectivity index (χ0n) is 8.77. The lowest BCUT2D eigenvalue weighted by Crippen LogP contribution is -2.47. The lowest BCUT2D eigenvalue weighted by atomic mass is 9.48. The van der Waals surface area contributed by atoms with Crippen LogP contribution in [0.1, 0.15) is 52.9 Å². The molecule has 0 aromatic heterocycles. The highest BCUT2D eigenvalue weighted by molar-refractivity contribution is 5.00. The lowest BCUT2D eigenvalue weighted by Gasteiger charge is -2.57. The topological polar surface area (TPSA) is 0 Å². The molecule has 0 N–H and O–H groups in total. The van der Waals surface area contributed by atoms with Crippen LogP contribution in [-0.2, 0) is 0 Å². The number of rotatable bonds is 2. The van der Waals surface area contributed by atoms with Crippen LogP contribution in [0.5, 0.6) is 0 Å². The zero-order chi connectivity index (χ0) is 8.77. The second kappa shape index (κ2) is 2.75. The van der Waals surface area contributed by atoms with Gasteiger partial charge in [0.05, 0.1) is 0 Å². The van der Waals surface area contributed by atoms with Gasteiger partial charge in [-0.1, -0.05) is 20.8 Å². The molecule has 0 heteroatoms. The molecule has 3 rings (SSSR count). The molecule has 1 atom stereocenters. The van der Waals surface area contributed by atoms with E-state index in [9.17, 15) is 0 Å². The Morgan fingerprint density at radius 2 is 2.00 bits per heavy atom. The Hall–Kier alpha value is 0. The van der Waals surface area contributed by atoms with Gasteiger partial charge in [0, 0.05) is 0 Å². The Kier molecular flexibility index (Phi) is 1.97. The molecule has 0 aliphatic heterocycles. The summed E-state index contributed by atoms with van der Waals surface area (Å²) in [7, 11) is 0. The number of hydrogen-bond acceptors (Lipinski definition) is 0. The minimum absolute atomic E-state index is 0.745. The first-order valence-corrected chi connectivity index (χ1v) is 5.69. The van der Waals surface area contributed by atoms with Crippen molar-refractivity contribution >= 4 is 0 Å². The summed E-state index contributed by atoms with van der Waals surface area (Å²) in [5, 5.41) is 0. The van der Waals surface area contributed by atoms with Gasteiger partial charge >= 0.3 is 0 Å². The Bertz CT molecular complexity index is 162. The fourth-order valence-electron chi connectivity index (χ4n) is 3.75. The maximum atomic E-state index is 2.43. The van der Waals surface area contributed by atoms with E-state index in [-0.39, 0.29) is 0 Å². The van der Waals surface area contributed by atoms with Gasteiger partial charge in [0.25, 0.3) is 0 Å². The molecule has 0 spiro atoms. The van der Waals surface area contributed by atoms with Gasteiger partial charge in [-0.05, 0) is 55.3 Å². The predicted molar refractivity (Wildman–Crippen MR) is 53.0 cm³/mol. The van der Waals surface area contributed by atoms with Gasteiger partial charge in [-0.3, -0.25) is 0 Å². The molecular weight excluding hydrogens is 144 g/mol. The molecule has 3 aliphatic carbocycles. The van der Waals surface area contributed by atoms with E-state index in [2.05, 4.69) is 20.8 Å². The molecule has 0 aromatic rings. The Morgan fingerprint density at radius 1 is 1.33 bits per heavy atom. The van der Waals surface area contributed by atoms with Crippen LogP contribution in [0.15, 0.2) is 0 Å². The average molecular weight is 166 g/mol. The Labute approximate surface area is 76.7 Å². The minimum atomic E-state index is 0.745. The van der Waals surface area contributed by atoms with Crippen molar-refractivity contribution in [3.8, 4) is 0 Å². The zero-order valence-corrected chi connectivity index (χ0v) is 8.77. The molecule has 0 saturated heterocycles. The summed E-state index contributed by atoms with van der Waals surface area (Å²) in [5.74, 6) is 3.14. The molecule has 0 radical (unpaired) electrons. The van der Waals surface area contributed by atoms with Crippen molar-refractivity contribution < 1.29 is 0 Å². The monoisotopic (exact) mass is 166 g/mol. The summed E-state index contributed by atoms with van der Waals surface area (Å²) in [6.45, 7) is 7.27. The van der Waals surface area contributed by atoms with Crippen molar-refractivity contribution in [2.75, 3.05) is 0 Å². The van der Waals surface area contributed by atoms with Crippen LogP contribution in [0.3, 0.4) is 0 Å². The second-order valence-corrected chi connectivity index (χ2v) is 5.31. The molecule has 0 aromatic carbocycles. The van der Waals surface area contributed by atoms with E-state index in [1.165, 1.54) is 19.3 Å². The molecule has 3 fully saturated rings. The molecule has 0 amide bonds. The van der Waals surface area contributed by atoms with Crippen molar-refractivity contribution in [1.82, 2.24) is 0 Å². The number of hydrogen-bond donors (Lipinski definition) is 0. The van der Waals surface area contributed by atoms with Crippen LogP contribution in [-0.4, -0.2) is 0 Å². The summed E-state index contributed by atoms with van der Waals surface area (Å²) in [4.78, 5) is 0. The van der Waals surface area contributed by atoms with E-state index in [1.807, 2.05) is 0 Å². The van der Waals surface area contributed by atoms with Crippen molar-refractivity contribution in [1.29, 1.82) is 0 Å². The number of fused-ring (bicyclic) bond motifs is 2. The molecule has 2 bridgehead atoms. The van der Waals surface area contributed by atoms with Gasteiger partial charge in [-0.25, -0.2) is 0 Å². The third-order valence-electron chi connectivity index (χ3n) is 4.87. The molecule has 0 heterocycles. The maximum absolute atomic E-state index is 2.43. The second-order valence-electron chi connectivity index (χ2n) is 5.31. The molecular formula is C12H22. The first-order valence-electron chi connectivity index (χ1n) is 5.69. The highest BCUT2D eigenvalue weighted by atomic mass is 14.5. The maximum Gasteiger partial charge on any atom is -0.0248 e. The van der Waals surface area contributed by atoms with Gasteiger partial charge in [0.15, 0.2) is 0 Å². The molecule has 0 nitrogen and oxygen atoms in total. The van der Waals surface area contributed by atoms with E-state index in [0.29, 0.717) is 0 Å². The fraction of sp³-hybridized carbons (Fsp3) is 1.00. The summed E-state index contributed by atoms with van der Waals surface area (Å²) in [6, 6.07) is 0. The molecule has 3 aliphatic rings. The third-order valence-corrected chi connectivity index (χ3v) is 4.87. The summed E-state index contributed by atoms with van der Waals surface area (Å²) in [5.41, 5.74) is 0.745. The minimum Gasteiger partial charge on any atom is -0.0648 e. The molecule has 1 unspecified atom stereocenters. The fourth-order valence-corrected chi connectivity index (χ4v) is 3.75. The van der Waals surface area contributed by atoms with E-state index >= 15 is 0 Å². The highest BCUT2D eigenvalue weighted by Gasteiger charge is 2.50. The average Bonchev–Trinajstić information content (AvgIpc) is 2.02. The first kappa shape index (κ1) is 8.59. The summed E-state index contributed by atoms with van der Waals surface area (Å²) >= 11 is 0. The third kappa shape index (κ3) is 0.963. The van der Waals surface area contributed by atoms with Gasteiger partial charge in [-0.2, -0.15) is 0 Å². The Balaban J connectivity index is 2.14. The lowest BCUT2D eigenvalue weighted by molar-refractivity contribution is -0.0689. The van der Waals surface area contributed by atoms with Gasteiger partial charge in [0.2, 0.25) is 0 Å². The van der Waals surface area contributed by atoms with E-state index < -0.39 is 0 Å². The highest BCUT2D eigenvalue weighted by Crippen LogP contribution is 2.60. The van der Waals surface area contributed by atoms with Crippen LogP contribution in [0.4, 0.5) is 0 Å². The van der Waals surface area contributed by atoms with E-state index in [0.717, 1.165) is 23.2 Å². The normalized spacial score (nSPS) is 46.0. The SMILES string of the molecule is CCC1(C(C)C)CCC2CC1C2. The van der Waals surface area contributed by atoms with Crippen molar-refractivity contribution in [2.24, 2.45) is 23.2 Å². The van der Waals surface area contributed by atoms with E-state index in [1.54, 1.807) is 12.8 Å². The van der Waals surface area contributed by atoms with Gasteiger partial charge in [0.1, 0.15) is 0 Å². The Morgan fingerprint density at radius 3 is 2.25 bits per heavy atom. The summed E-state index contributed by atoms with van der Waals surface area (Å²) < 4.78 is 0. The quantitative estimate of drug-likeness (QED) is 0.584. The van der Waals surface area contributed by atoms with Crippen LogP contribution in [0, 0.1) is 23.2 Å². The van der Waals surface area contributed by atoms with E-state index in [4.69, 9.17) is 0 Å². The predicted octanol–water partition coefficient (Wildman–Crippen LogP) is 3.86. The van der Waals surface area contributed by atoms with Crippen LogP contribution in [0.25, 0.3) is 0 Å². The van der Waals surface area contributed by atoms with Gasteiger partial charge in [-0.15, -0.1) is 0 Å². The summed E-state index contributed by atoms with van der Waals surface area (Å²) in [6.07, 6.45) is 7.60. The van der Waals surface area contributed by atoms with Crippen molar-refractivity contribution in [2.45, 2.75) is 52.9 Å². The first-order chi connectivity index (χ1) is 5.69. The van der Waals surface area contributed by atoms with Gasteiger partial charge < -0.3 is 0 Å². The molecule has 70 valence electrons.